The summed E-state index contributed by atoms with van der Waals surface area (Å²) in [6.45, 7) is 0.964. The van der Waals surface area contributed by atoms with Crippen LogP contribution in [0.3, 0.4) is 0 Å². The van der Waals surface area contributed by atoms with Gasteiger partial charge in [-0.1, -0.05) is 0 Å². The lowest BCUT2D eigenvalue weighted by Gasteiger charge is -2.04. The number of anilines is 1. The number of pyridine rings is 1. The van der Waals surface area contributed by atoms with Gasteiger partial charge < -0.3 is 15.8 Å². The highest BCUT2D eigenvalue weighted by atomic mass is 16.5. The van der Waals surface area contributed by atoms with Crippen LogP contribution in [0.25, 0.3) is 0 Å². The zero-order valence-electron chi connectivity index (χ0n) is 7.99. The molecule has 0 aliphatic heterocycles. The first kappa shape index (κ1) is 10.5. The summed E-state index contributed by atoms with van der Waals surface area (Å²) in [4.78, 5) is 15.2. The van der Waals surface area contributed by atoms with E-state index in [0.29, 0.717) is 24.4 Å². The van der Waals surface area contributed by atoms with Crippen LogP contribution >= 0.6 is 0 Å². The van der Waals surface area contributed by atoms with E-state index in [1.807, 2.05) is 0 Å². The molecule has 0 atom stereocenters. The van der Waals surface area contributed by atoms with Gasteiger partial charge in [-0.05, 0) is 6.07 Å². The van der Waals surface area contributed by atoms with Crippen molar-refractivity contribution in [2.45, 2.75) is 0 Å². The van der Waals surface area contributed by atoms with Crippen LogP contribution in [0.4, 0.5) is 5.69 Å². The molecule has 1 aromatic heterocycles. The largest absolute Gasteiger partial charge is 0.397 e. The van der Waals surface area contributed by atoms with Gasteiger partial charge in [0.05, 0.1) is 17.9 Å². The van der Waals surface area contributed by atoms with Crippen molar-refractivity contribution in [3.8, 4) is 0 Å². The molecule has 1 heterocycles. The summed E-state index contributed by atoms with van der Waals surface area (Å²) < 4.78 is 4.80. The maximum Gasteiger partial charge on any atom is 0.253 e. The van der Waals surface area contributed by atoms with Crippen LogP contribution in [0.15, 0.2) is 18.5 Å². The predicted molar refractivity (Wildman–Crippen MR) is 52.9 cm³/mol. The molecule has 1 aromatic rings. The van der Waals surface area contributed by atoms with Crippen LogP contribution in [0, 0.1) is 0 Å². The quantitative estimate of drug-likeness (QED) is 0.665. The van der Waals surface area contributed by atoms with E-state index in [0.717, 1.165) is 0 Å². The predicted octanol–water partition coefficient (Wildman–Crippen LogP) is 0.0400. The molecule has 0 bridgehead atoms. The number of nitrogens with zero attached hydrogens (tertiary/aromatic N) is 1. The van der Waals surface area contributed by atoms with Gasteiger partial charge in [0, 0.05) is 26.0 Å². The zero-order chi connectivity index (χ0) is 10.4. The highest BCUT2D eigenvalue weighted by Crippen LogP contribution is 2.02. The molecule has 5 heteroatoms. The number of amides is 1. The molecule has 0 unspecified atom stereocenters. The van der Waals surface area contributed by atoms with Gasteiger partial charge in [0.25, 0.3) is 5.91 Å². The van der Waals surface area contributed by atoms with Crippen LogP contribution in [0.2, 0.25) is 0 Å². The number of nitrogen functional groups attached to an aromatic ring is 1. The molecule has 0 saturated carbocycles. The molecule has 0 radical (unpaired) electrons. The third-order valence-corrected chi connectivity index (χ3v) is 1.61. The Hall–Kier alpha value is -1.62. The van der Waals surface area contributed by atoms with Crippen LogP contribution in [-0.4, -0.2) is 31.2 Å². The van der Waals surface area contributed by atoms with Gasteiger partial charge in [-0.2, -0.15) is 0 Å². The Balaban J connectivity index is 2.52. The maximum absolute atomic E-state index is 11.4. The minimum Gasteiger partial charge on any atom is -0.397 e. The molecule has 76 valence electrons. The number of nitrogens with two attached hydrogens (primary N) is 1. The monoisotopic (exact) mass is 195 g/mol. The van der Waals surface area contributed by atoms with Crippen LogP contribution in [0.5, 0.6) is 0 Å². The third-order valence-electron chi connectivity index (χ3n) is 1.61. The molecule has 0 aromatic carbocycles. The van der Waals surface area contributed by atoms with Gasteiger partial charge in [0.1, 0.15) is 0 Å². The van der Waals surface area contributed by atoms with E-state index in [9.17, 15) is 4.79 Å². The number of hydrogen-bond donors (Lipinski definition) is 2. The standard InChI is InChI=1S/C9H13N3O2/c1-14-3-2-12-9(13)7-4-8(10)6-11-5-7/h4-6H,2-3,10H2,1H3,(H,12,13). The molecular formula is C9H13N3O2. The number of methoxy groups -OCH3 is 1. The number of aromatic nitrogens is 1. The minimum atomic E-state index is -0.193. The molecule has 0 aliphatic rings. The SMILES string of the molecule is COCCNC(=O)c1cncc(N)c1. The first-order valence-electron chi connectivity index (χ1n) is 4.21. The first-order chi connectivity index (χ1) is 6.74. The Morgan fingerprint density at radius 2 is 2.43 bits per heavy atom. The van der Waals surface area contributed by atoms with Crippen molar-refractivity contribution >= 4 is 11.6 Å². The number of carbonyl (C=O) groups is 1. The number of nitrogens with one attached hydrogen (secondary N) is 1. The average molecular weight is 195 g/mol. The Morgan fingerprint density at radius 1 is 1.64 bits per heavy atom. The van der Waals surface area contributed by atoms with E-state index in [1.54, 1.807) is 13.2 Å². The van der Waals surface area contributed by atoms with E-state index in [2.05, 4.69) is 10.3 Å². The van der Waals surface area contributed by atoms with Crippen molar-refractivity contribution in [3.05, 3.63) is 24.0 Å². The van der Waals surface area contributed by atoms with Crippen molar-refractivity contribution in [3.63, 3.8) is 0 Å². The van der Waals surface area contributed by atoms with Gasteiger partial charge in [0.15, 0.2) is 0 Å². The normalized spacial score (nSPS) is 9.79. The fourth-order valence-electron chi connectivity index (χ4n) is 0.951. The van der Waals surface area contributed by atoms with Gasteiger partial charge in [0.2, 0.25) is 0 Å². The summed E-state index contributed by atoms with van der Waals surface area (Å²) in [5.74, 6) is -0.193. The molecule has 14 heavy (non-hydrogen) atoms. The lowest BCUT2D eigenvalue weighted by Crippen LogP contribution is -2.27. The topological polar surface area (TPSA) is 77.2 Å². The second-order valence-corrected chi connectivity index (χ2v) is 2.76. The van der Waals surface area contributed by atoms with Crippen molar-refractivity contribution in [1.82, 2.24) is 10.3 Å². The molecule has 3 N–H and O–H groups in total. The second kappa shape index (κ2) is 5.18. The van der Waals surface area contributed by atoms with Crippen LogP contribution in [-0.2, 0) is 4.74 Å². The summed E-state index contributed by atoms with van der Waals surface area (Å²) in [6, 6.07) is 1.58. The number of carbonyl (C=O) groups excluding carboxylic acids is 1. The lowest BCUT2D eigenvalue weighted by molar-refractivity contribution is 0.0937. The fraction of sp³-hybridized carbons (Fsp3) is 0.333. The van der Waals surface area contributed by atoms with E-state index < -0.39 is 0 Å². The van der Waals surface area contributed by atoms with Gasteiger partial charge in [-0.25, -0.2) is 0 Å². The van der Waals surface area contributed by atoms with Gasteiger partial charge in [-0.15, -0.1) is 0 Å². The Kier molecular flexibility index (Phi) is 3.87. The van der Waals surface area contributed by atoms with E-state index in [4.69, 9.17) is 10.5 Å². The van der Waals surface area contributed by atoms with Crippen LogP contribution in [0.1, 0.15) is 10.4 Å². The summed E-state index contributed by atoms with van der Waals surface area (Å²) >= 11 is 0. The minimum absolute atomic E-state index is 0.193. The van der Waals surface area contributed by atoms with E-state index in [1.165, 1.54) is 12.4 Å². The molecular weight excluding hydrogens is 182 g/mol. The Labute approximate surface area is 82.3 Å². The molecule has 0 spiro atoms. The number of rotatable bonds is 4. The van der Waals surface area contributed by atoms with E-state index in [-0.39, 0.29) is 5.91 Å². The first-order valence-corrected chi connectivity index (χ1v) is 4.21. The van der Waals surface area contributed by atoms with Gasteiger partial charge >= 0.3 is 0 Å². The summed E-state index contributed by atoms with van der Waals surface area (Å²) in [6.07, 6.45) is 2.96. The van der Waals surface area contributed by atoms with Crippen molar-refractivity contribution in [2.75, 3.05) is 26.0 Å². The highest BCUT2D eigenvalue weighted by Gasteiger charge is 2.04. The lowest BCUT2D eigenvalue weighted by atomic mass is 10.2. The molecule has 1 rings (SSSR count). The Morgan fingerprint density at radius 3 is 3.07 bits per heavy atom. The van der Waals surface area contributed by atoms with Crippen LogP contribution < -0.4 is 11.1 Å². The highest BCUT2D eigenvalue weighted by molar-refractivity contribution is 5.94. The number of hydrogen-bond acceptors (Lipinski definition) is 4. The zero-order valence-corrected chi connectivity index (χ0v) is 7.99. The van der Waals surface area contributed by atoms with Crippen molar-refractivity contribution < 1.29 is 9.53 Å². The van der Waals surface area contributed by atoms with Crippen molar-refractivity contribution in [2.24, 2.45) is 0 Å². The summed E-state index contributed by atoms with van der Waals surface area (Å²) in [7, 11) is 1.58. The number of ether oxygens (including phenoxy) is 1. The molecule has 1 amide bonds. The smallest absolute Gasteiger partial charge is 0.253 e. The summed E-state index contributed by atoms with van der Waals surface area (Å²) in [5, 5.41) is 2.67. The van der Waals surface area contributed by atoms with E-state index >= 15 is 0 Å². The van der Waals surface area contributed by atoms with Crippen molar-refractivity contribution in [1.29, 1.82) is 0 Å². The Bertz CT molecular complexity index is 315. The maximum atomic E-state index is 11.4. The molecule has 5 nitrogen and oxygen atoms in total. The average Bonchev–Trinajstić information content (AvgIpc) is 2.18. The molecule has 0 saturated heterocycles. The third kappa shape index (κ3) is 3.02. The van der Waals surface area contributed by atoms with Gasteiger partial charge in [-0.3, -0.25) is 9.78 Å². The second-order valence-electron chi connectivity index (χ2n) is 2.76. The molecule has 0 fully saturated rings. The summed E-state index contributed by atoms with van der Waals surface area (Å²) in [5.41, 5.74) is 6.42. The fourth-order valence-corrected chi connectivity index (χ4v) is 0.951. The molecule has 0 aliphatic carbocycles.